The van der Waals surface area contributed by atoms with E-state index in [-0.39, 0.29) is 13.2 Å². The molecule has 0 atom stereocenters. The van der Waals surface area contributed by atoms with E-state index >= 15 is 0 Å². The zero-order valence-corrected chi connectivity index (χ0v) is 11.1. The van der Waals surface area contributed by atoms with Crippen LogP contribution >= 0.6 is 0 Å². The molecule has 0 N–H and O–H groups in total. The van der Waals surface area contributed by atoms with Crippen molar-refractivity contribution in [3.05, 3.63) is 37.5 Å². The fourth-order valence-corrected chi connectivity index (χ4v) is 1.98. The van der Waals surface area contributed by atoms with Gasteiger partial charge in [0.05, 0.1) is 0 Å². The Hall–Kier alpha value is -1.84. The van der Waals surface area contributed by atoms with Gasteiger partial charge in [0, 0.05) is 0 Å². The molecule has 4 heteroatoms. The third-order valence-corrected chi connectivity index (χ3v) is 2.99. The summed E-state index contributed by atoms with van der Waals surface area (Å²) in [7, 11) is 0. The molecule has 0 aromatic carbocycles. The molecule has 0 radical (unpaired) electrons. The maximum absolute atomic E-state index is 12.2. The first-order chi connectivity index (χ1) is 9.17. The Morgan fingerprint density at radius 1 is 1.11 bits per heavy atom. The second-order valence-electron chi connectivity index (χ2n) is 4.39. The molecule has 1 aliphatic carbocycles. The summed E-state index contributed by atoms with van der Waals surface area (Å²) < 4.78 is 10.1. The van der Waals surface area contributed by atoms with Crippen LogP contribution in [0.3, 0.4) is 0 Å². The van der Waals surface area contributed by atoms with Crippen molar-refractivity contribution in [2.45, 2.75) is 25.7 Å². The third-order valence-electron chi connectivity index (χ3n) is 2.99. The molecule has 1 aliphatic rings. The van der Waals surface area contributed by atoms with E-state index in [0.29, 0.717) is 6.42 Å². The van der Waals surface area contributed by atoms with Gasteiger partial charge in [-0.2, -0.15) is 0 Å². The van der Waals surface area contributed by atoms with Gasteiger partial charge in [-0.05, 0) is 19.3 Å². The molecule has 19 heavy (non-hydrogen) atoms. The van der Waals surface area contributed by atoms with Crippen LogP contribution in [0.25, 0.3) is 0 Å². The van der Waals surface area contributed by atoms with Gasteiger partial charge in [-0.3, -0.25) is 9.59 Å². The van der Waals surface area contributed by atoms with Gasteiger partial charge in [0.15, 0.2) is 5.41 Å². The summed E-state index contributed by atoms with van der Waals surface area (Å²) in [5.74, 6) is -1.14. The maximum Gasteiger partial charge on any atom is 0.327 e. The molecule has 0 aromatic rings. The van der Waals surface area contributed by atoms with Crippen LogP contribution < -0.4 is 0 Å². The highest BCUT2D eigenvalue weighted by Crippen LogP contribution is 2.33. The quantitative estimate of drug-likeness (QED) is 0.420. The van der Waals surface area contributed by atoms with Crippen LogP contribution in [0.5, 0.6) is 0 Å². The fraction of sp³-hybridized carbons (Fsp3) is 0.467. The van der Waals surface area contributed by atoms with Gasteiger partial charge in [0.1, 0.15) is 13.2 Å². The lowest BCUT2D eigenvalue weighted by molar-refractivity contribution is -0.167. The van der Waals surface area contributed by atoms with E-state index in [9.17, 15) is 9.59 Å². The van der Waals surface area contributed by atoms with E-state index in [1.54, 1.807) is 6.08 Å². The average molecular weight is 264 g/mol. The topological polar surface area (TPSA) is 52.6 Å². The molecule has 4 nitrogen and oxygen atoms in total. The molecule has 0 bridgehead atoms. The van der Waals surface area contributed by atoms with Crippen LogP contribution in [0.1, 0.15) is 25.7 Å². The first kappa shape index (κ1) is 15.2. The SMILES string of the molecule is C=CCOC(=O)C1(C(=O)OCC=C)C=CCCCC1. The summed E-state index contributed by atoms with van der Waals surface area (Å²) in [6.45, 7) is 7.15. The fourth-order valence-electron chi connectivity index (χ4n) is 1.98. The van der Waals surface area contributed by atoms with Crippen molar-refractivity contribution in [1.82, 2.24) is 0 Å². The van der Waals surface area contributed by atoms with Gasteiger partial charge in [0.25, 0.3) is 0 Å². The van der Waals surface area contributed by atoms with Gasteiger partial charge in [0.2, 0.25) is 0 Å². The number of carbonyl (C=O) groups excluding carboxylic acids is 2. The Balaban J connectivity index is 2.93. The molecule has 0 unspecified atom stereocenters. The number of ether oxygens (including phenoxy) is 2. The van der Waals surface area contributed by atoms with E-state index in [1.165, 1.54) is 12.2 Å². The minimum Gasteiger partial charge on any atom is -0.460 e. The lowest BCUT2D eigenvalue weighted by Crippen LogP contribution is -2.40. The molecule has 0 saturated carbocycles. The summed E-state index contributed by atoms with van der Waals surface area (Å²) in [6, 6.07) is 0. The molecule has 1 rings (SSSR count). The number of hydrogen-bond donors (Lipinski definition) is 0. The van der Waals surface area contributed by atoms with E-state index in [4.69, 9.17) is 9.47 Å². The average Bonchev–Trinajstić information content (AvgIpc) is 2.68. The van der Waals surface area contributed by atoms with E-state index in [0.717, 1.165) is 19.3 Å². The standard InChI is InChI=1S/C15H20O4/c1-3-11-18-13(16)15(14(17)19-12-4-2)9-7-5-6-8-10-15/h3-4,7,9H,1-2,5-6,8,10-12H2. The molecule has 0 aliphatic heterocycles. The van der Waals surface area contributed by atoms with Crippen molar-refractivity contribution >= 4 is 11.9 Å². The van der Waals surface area contributed by atoms with Gasteiger partial charge in [-0.1, -0.05) is 43.9 Å². The Bertz CT molecular complexity index is 358. The van der Waals surface area contributed by atoms with Crippen molar-refractivity contribution in [1.29, 1.82) is 0 Å². The largest absolute Gasteiger partial charge is 0.460 e. The molecule has 0 heterocycles. The lowest BCUT2D eigenvalue weighted by Gasteiger charge is -2.25. The van der Waals surface area contributed by atoms with Crippen LogP contribution in [-0.2, 0) is 19.1 Å². The van der Waals surface area contributed by atoms with Crippen LogP contribution in [0.4, 0.5) is 0 Å². The predicted octanol–water partition coefficient (Wildman–Crippen LogP) is 2.56. The second kappa shape index (κ2) is 7.56. The highest BCUT2D eigenvalue weighted by atomic mass is 16.6. The van der Waals surface area contributed by atoms with Crippen LogP contribution in [0, 0.1) is 5.41 Å². The summed E-state index contributed by atoms with van der Waals surface area (Å²) in [6.07, 6.45) is 9.40. The number of hydrogen-bond acceptors (Lipinski definition) is 4. The lowest BCUT2D eigenvalue weighted by atomic mass is 9.83. The summed E-state index contributed by atoms with van der Waals surface area (Å²) in [5, 5.41) is 0. The normalized spacial score (nSPS) is 17.1. The smallest absolute Gasteiger partial charge is 0.327 e. The van der Waals surface area contributed by atoms with Crippen LogP contribution in [0.15, 0.2) is 37.5 Å². The van der Waals surface area contributed by atoms with Gasteiger partial charge in [-0.15, -0.1) is 0 Å². The minimum atomic E-state index is -1.32. The predicted molar refractivity (Wildman–Crippen MR) is 72.4 cm³/mol. The summed E-state index contributed by atoms with van der Waals surface area (Å²) in [5.41, 5.74) is -1.32. The van der Waals surface area contributed by atoms with Gasteiger partial charge >= 0.3 is 11.9 Å². The number of rotatable bonds is 6. The molecule has 0 spiro atoms. The second-order valence-corrected chi connectivity index (χ2v) is 4.39. The Kier molecular flexibility index (Phi) is 6.06. The molecular weight excluding hydrogens is 244 g/mol. The zero-order chi connectivity index (χ0) is 14.1. The Morgan fingerprint density at radius 2 is 1.68 bits per heavy atom. The van der Waals surface area contributed by atoms with Gasteiger partial charge < -0.3 is 9.47 Å². The minimum absolute atomic E-state index is 0.0865. The monoisotopic (exact) mass is 264 g/mol. The molecule has 0 amide bonds. The van der Waals surface area contributed by atoms with Crippen molar-refractivity contribution in [2.75, 3.05) is 13.2 Å². The molecule has 0 fully saturated rings. The summed E-state index contributed by atoms with van der Waals surface area (Å²) >= 11 is 0. The van der Waals surface area contributed by atoms with E-state index in [2.05, 4.69) is 13.2 Å². The highest BCUT2D eigenvalue weighted by molar-refractivity contribution is 6.02. The number of allylic oxidation sites excluding steroid dienone is 1. The first-order valence-electron chi connectivity index (χ1n) is 6.41. The third kappa shape index (κ3) is 3.81. The molecule has 104 valence electrons. The van der Waals surface area contributed by atoms with Crippen molar-refractivity contribution in [2.24, 2.45) is 5.41 Å². The van der Waals surface area contributed by atoms with E-state index in [1.807, 2.05) is 6.08 Å². The van der Waals surface area contributed by atoms with Crippen molar-refractivity contribution in [3.63, 3.8) is 0 Å². The highest BCUT2D eigenvalue weighted by Gasteiger charge is 2.46. The maximum atomic E-state index is 12.2. The van der Waals surface area contributed by atoms with Crippen LogP contribution in [0.2, 0.25) is 0 Å². The molecule has 0 saturated heterocycles. The summed E-state index contributed by atoms with van der Waals surface area (Å²) in [4.78, 5) is 24.4. The molecule has 0 aromatic heterocycles. The first-order valence-corrected chi connectivity index (χ1v) is 6.41. The Morgan fingerprint density at radius 3 is 2.21 bits per heavy atom. The zero-order valence-electron chi connectivity index (χ0n) is 11.1. The molecular formula is C15H20O4. The number of esters is 2. The van der Waals surface area contributed by atoms with Gasteiger partial charge in [-0.25, -0.2) is 0 Å². The number of carbonyl (C=O) groups is 2. The Labute approximate surface area is 113 Å². The van der Waals surface area contributed by atoms with Crippen molar-refractivity contribution < 1.29 is 19.1 Å². The van der Waals surface area contributed by atoms with E-state index < -0.39 is 17.4 Å². The van der Waals surface area contributed by atoms with Crippen molar-refractivity contribution in [3.8, 4) is 0 Å². The van der Waals surface area contributed by atoms with Crippen LogP contribution in [-0.4, -0.2) is 25.2 Å².